The molecule has 0 radical (unpaired) electrons. The van der Waals surface area contributed by atoms with Gasteiger partial charge in [-0.15, -0.1) is 0 Å². The first-order valence-electron chi connectivity index (χ1n) is 9.90. The van der Waals surface area contributed by atoms with Crippen molar-refractivity contribution in [1.82, 2.24) is 34.9 Å². The van der Waals surface area contributed by atoms with Gasteiger partial charge >= 0.3 is 0 Å². The Morgan fingerprint density at radius 2 is 2.13 bits per heavy atom. The molecule has 6 rings (SSSR count). The summed E-state index contributed by atoms with van der Waals surface area (Å²) in [5, 5.41) is 13.5. The van der Waals surface area contributed by atoms with E-state index < -0.39 is 0 Å². The lowest BCUT2D eigenvalue weighted by atomic mass is 9.97. The van der Waals surface area contributed by atoms with Gasteiger partial charge in [-0.1, -0.05) is 23.7 Å². The van der Waals surface area contributed by atoms with Gasteiger partial charge in [-0.25, -0.2) is 9.97 Å². The number of hydrogen-bond donors (Lipinski definition) is 2. The van der Waals surface area contributed by atoms with E-state index in [1.54, 1.807) is 0 Å². The van der Waals surface area contributed by atoms with Gasteiger partial charge in [-0.3, -0.25) is 14.8 Å². The molecule has 150 valence electrons. The van der Waals surface area contributed by atoms with Crippen LogP contribution in [0.1, 0.15) is 35.7 Å². The lowest BCUT2D eigenvalue weighted by Crippen LogP contribution is -2.30. The molecule has 1 saturated carbocycles. The fourth-order valence-corrected chi connectivity index (χ4v) is 4.34. The highest BCUT2D eigenvalue weighted by Crippen LogP contribution is 2.52. The first-order valence-corrected chi connectivity index (χ1v) is 10.3. The summed E-state index contributed by atoms with van der Waals surface area (Å²) < 4.78 is 1.82. The van der Waals surface area contributed by atoms with Crippen LogP contribution in [-0.4, -0.2) is 41.5 Å². The second-order valence-corrected chi connectivity index (χ2v) is 8.37. The average Bonchev–Trinajstić information content (AvgIpc) is 3.10. The molecule has 2 N–H and O–H groups in total. The number of nitrogens with one attached hydrogen (secondary N) is 2. The van der Waals surface area contributed by atoms with Crippen LogP contribution in [0.25, 0.3) is 17.5 Å². The number of aromatic amines is 2. The molecule has 0 bridgehead atoms. The van der Waals surface area contributed by atoms with Crippen LogP contribution in [0, 0.1) is 0 Å². The zero-order valence-electron chi connectivity index (χ0n) is 16.3. The molecule has 1 atom stereocenters. The van der Waals surface area contributed by atoms with E-state index >= 15 is 0 Å². The van der Waals surface area contributed by atoms with Gasteiger partial charge in [0.2, 0.25) is 0 Å². The Bertz CT molecular complexity index is 1360. The predicted octanol–water partition coefficient (Wildman–Crippen LogP) is 1.86. The third kappa shape index (κ3) is 2.71. The minimum atomic E-state index is -0.147. The highest BCUT2D eigenvalue weighted by atomic mass is 35.5. The second-order valence-electron chi connectivity index (χ2n) is 7.99. The lowest BCUT2D eigenvalue weighted by Gasteiger charge is -2.11. The molecular weight excluding hydrogens is 400 g/mol. The van der Waals surface area contributed by atoms with E-state index in [4.69, 9.17) is 21.6 Å². The number of halogens is 1. The summed E-state index contributed by atoms with van der Waals surface area (Å²) in [5.74, 6) is 1.73. The van der Waals surface area contributed by atoms with Crippen LogP contribution in [0.15, 0.2) is 41.9 Å². The van der Waals surface area contributed by atoms with Gasteiger partial charge in [0, 0.05) is 42.3 Å². The summed E-state index contributed by atoms with van der Waals surface area (Å²) in [4.78, 5) is 17.1. The van der Waals surface area contributed by atoms with Crippen LogP contribution in [0.3, 0.4) is 0 Å². The Labute approximate surface area is 176 Å². The van der Waals surface area contributed by atoms with Crippen LogP contribution < -0.4 is 10.7 Å². The molecule has 0 saturated heterocycles. The van der Waals surface area contributed by atoms with Crippen molar-refractivity contribution in [3.8, 4) is 11.4 Å². The Balaban J connectivity index is 1.38. The average molecular weight is 419 g/mol. The Hall–Kier alpha value is -3.26. The summed E-state index contributed by atoms with van der Waals surface area (Å²) in [7, 11) is 1.93. The number of H-pyrrole nitrogens is 2. The molecule has 1 aliphatic carbocycles. The van der Waals surface area contributed by atoms with Crippen LogP contribution >= 0.6 is 11.6 Å². The van der Waals surface area contributed by atoms with Crippen molar-refractivity contribution in [3.05, 3.63) is 69.7 Å². The molecule has 2 aliphatic rings. The number of nitrogens with zero attached hydrogens (tertiary/aromatic N) is 6. The Morgan fingerprint density at radius 3 is 2.87 bits per heavy atom. The Kier molecular flexibility index (Phi) is 3.73. The number of aromatic nitrogens is 7. The SMILES string of the molecule is Cn1cc(C2C=c3c(-c4n[nH]c(C5(c6ccc(Cl)nc6)CC5)n4)c[nH]c3=NC2)cn1. The quantitative estimate of drug-likeness (QED) is 0.494. The van der Waals surface area contributed by atoms with Crippen LogP contribution in [0.4, 0.5) is 0 Å². The third-order valence-corrected chi connectivity index (χ3v) is 6.30. The van der Waals surface area contributed by atoms with Crippen molar-refractivity contribution in [2.24, 2.45) is 12.0 Å². The van der Waals surface area contributed by atoms with Crippen LogP contribution in [0.5, 0.6) is 0 Å². The van der Waals surface area contributed by atoms with Crippen LogP contribution in [0.2, 0.25) is 5.15 Å². The fraction of sp³-hybridized carbons (Fsp3) is 0.286. The lowest BCUT2D eigenvalue weighted by molar-refractivity contribution is 0.757. The summed E-state index contributed by atoms with van der Waals surface area (Å²) in [5.41, 5.74) is 3.95. The number of hydrogen-bond acceptors (Lipinski definition) is 5. The highest BCUT2D eigenvalue weighted by Gasteiger charge is 2.49. The van der Waals surface area contributed by atoms with Gasteiger partial charge < -0.3 is 4.98 Å². The zero-order valence-corrected chi connectivity index (χ0v) is 17.1. The van der Waals surface area contributed by atoms with E-state index in [2.05, 4.69) is 31.3 Å². The van der Waals surface area contributed by atoms with Crippen molar-refractivity contribution in [3.63, 3.8) is 0 Å². The van der Waals surface area contributed by atoms with E-state index in [1.807, 2.05) is 48.6 Å². The third-order valence-electron chi connectivity index (χ3n) is 6.08. The maximum atomic E-state index is 5.96. The Morgan fingerprint density at radius 1 is 1.23 bits per heavy atom. The summed E-state index contributed by atoms with van der Waals surface area (Å²) >= 11 is 5.96. The number of rotatable bonds is 4. The van der Waals surface area contributed by atoms with Crippen LogP contribution in [-0.2, 0) is 12.5 Å². The molecule has 1 unspecified atom stereocenters. The van der Waals surface area contributed by atoms with Crippen molar-refractivity contribution in [1.29, 1.82) is 0 Å². The standard InChI is InChI=1S/C21H19ClN8/c1-30-11-13(8-26-30)12-6-15-16(10-25-18(15)24-7-12)19-27-20(29-28-19)21(4-5-21)14-2-3-17(22)23-9-14/h2-3,6,8-12H,4-5,7H2,1H3,(H,24,25)(H,27,28,29). The van der Waals surface area contributed by atoms with Crippen molar-refractivity contribution >= 4 is 17.7 Å². The smallest absolute Gasteiger partial charge is 0.183 e. The maximum absolute atomic E-state index is 5.96. The van der Waals surface area contributed by atoms with Gasteiger partial charge in [0.15, 0.2) is 5.82 Å². The molecule has 0 spiro atoms. The van der Waals surface area contributed by atoms with E-state index in [1.165, 1.54) is 0 Å². The van der Waals surface area contributed by atoms with Crippen molar-refractivity contribution < 1.29 is 0 Å². The zero-order chi connectivity index (χ0) is 20.3. The first-order chi connectivity index (χ1) is 14.6. The minimum absolute atomic E-state index is 0.147. The van der Waals surface area contributed by atoms with E-state index in [0.29, 0.717) is 17.5 Å². The van der Waals surface area contributed by atoms with Gasteiger partial charge in [0.25, 0.3) is 0 Å². The topological polar surface area (TPSA) is 100 Å². The second kappa shape index (κ2) is 6.37. The summed E-state index contributed by atoms with van der Waals surface area (Å²) in [6.07, 6.45) is 12.0. The monoisotopic (exact) mass is 418 g/mol. The summed E-state index contributed by atoms with van der Waals surface area (Å²) in [6, 6.07) is 3.85. The van der Waals surface area contributed by atoms with Crippen molar-refractivity contribution in [2.45, 2.75) is 24.2 Å². The molecule has 4 aromatic rings. The highest BCUT2D eigenvalue weighted by molar-refractivity contribution is 6.29. The normalized spacial score (nSPS) is 19.1. The van der Waals surface area contributed by atoms with E-state index in [9.17, 15) is 0 Å². The van der Waals surface area contributed by atoms with E-state index in [0.717, 1.165) is 46.1 Å². The van der Waals surface area contributed by atoms with Gasteiger partial charge in [-0.2, -0.15) is 10.2 Å². The number of pyridine rings is 1. The van der Waals surface area contributed by atoms with E-state index in [-0.39, 0.29) is 11.3 Å². The van der Waals surface area contributed by atoms with Gasteiger partial charge in [0.05, 0.1) is 18.2 Å². The first kappa shape index (κ1) is 17.6. The molecule has 30 heavy (non-hydrogen) atoms. The predicted molar refractivity (Wildman–Crippen MR) is 111 cm³/mol. The molecular formula is C21H19ClN8. The molecule has 0 amide bonds. The molecule has 9 heteroatoms. The maximum Gasteiger partial charge on any atom is 0.183 e. The molecule has 0 aromatic carbocycles. The summed E-state index contributed by atoms with van der Waals surface area (Å²) in [6.45, 7) is 0.699. The fourth-order valence-electron chi connectivity index (χ4n) is 4.23. The molecule has 4 aromatic heterocycles. The number of fused-ring (bicyclic) bond motifs is 1. The molecule has 1 aliphatic heterocycles. The molecule has 8 nitrogen and oxygen atoms in total. The van der Waals surface area contributed by atoms with Gasteiger partial charge in [0.1, 0.15) is 16.5 Å². The number of aryl methyl sites for hydroxylation is 1. The van der Waals surface area contributed by atoms with Gasteiger partial charge in [-0.05, 0) is 30.0 Å². The minimum Gasteiger partial charge on any atom is -0.346 e. The largest absolute Gasteiger partial charge is 0.346 e. The molecule has 1 fully saturated rings. The van der Waals surface area contributed by atoms with Crippen molar-refractivity contribution in [2.75, 3.05) is 6.54 Å². The molecule has 5 heterocycles.